The van der Waals surface area contributed by atoms with Crippen molar-refractivity contribution in [1.82, 2.24) is 0 Å². The van der Waals surface area contributed by atoms with Crippen molar-refractivity contribution in [1.29, 1.82) is 5.26 Å². The number of rotatable bonds is 5. The van der Waals surface area contributed by atoms with Crippen LogP contribution < -0.4 is 9.46 Å². The molecule has 1 N–H and O–H groups in total. The molecule has 0 fully saturated rings. The number of nitrogens with one attached hydrogen (secondary N) is 1. The third kappa shape index (κ3) is 4.31. The zero-order valence-electron chi connectivity index (χ0n) is 10.3. The summed E-state index contributed by atoms with van der Waals surface area (Å²) in [5.74, 6) is -0.684. The largest absolute Gasteiger partial charge is 0.573 e. The standard InChI is InChI=1S/C11H11F3N2O3S/c1-2-8(7-15)20(17,18)16-9-5-3-4-6-10(9)19-11(12,13)14/h3-6,8,16H,2H2,1H3. The fourth-order valence-corrected chi connectivity index (χ4v) is 2.56. The molecular weight excluding hydrogens is 297 g/mol. The van der Waals surface area contributed by atoms with Crippen LogP contribution in [0.5, 0.6) is 5.75 Å². The molecule has 0 aliphatic rings. The molecule has 1 atom stereocenters. The van der Waals surface area contributed by atoms with Crippen molar-refractivity contribution in [2.45, 2.75) is 25.0 Å². The molecule has 0 aliphatic carbocycles. The van der Waals surface area contributed by atoms with Crippen LogP contribution in [0.3, 0.4) is 0 Å². The fraction of sp³-hybridized carbons (Fsp3) is 0.364. The van der Waals surface area contributed by atoms with Crippen LogP contribution >= 0.6 is 0 Å². The maximum absolute atomic E-state index is 12.2. The predicted octanol–water partition coefficient (Wildman–Crippen LogP) is 2.63. The van der Waals surface area contributed by atoms with Crippen molar-refractivity contribution >= 4 is 15.7 Å². The zero-order chi connectivity index (χ0) is 15.4. The lowest BCUT2D eigenvalue weighted by atomic mass is 10.3. The lowest BCUT2D eigenvalue weighted by molar-refractivity contribution is -0.274. The van der Waals surface area contributed by atoms with E-state index in [4.69, 9.17) is 5.26 Å². The fourth-order valence-electron chi connectivity index (χ4n) is 1.37. The zero-order valence-corrected chi connectivity index (χ0v) is 11.1. The maximum atomic E-state index is 12.2. The van der Waals surface area contributed by atoms with Crippen LogP contribution in [-0.4, -0.2) is 20.0 Å². The molecule has 110 valence electrons. The number of sulfonamides is 1. The summed E-state index contributed by atoms with van der Waals surface area (Å²) in [5.41, 5.74) is -0.376. The van der Waals surface area contributed by atoms with E-state index in [1.54, 1.807) is 6.07 Å². The van der Waals surface area contributed by atoms with Gasteiger partial charge in [-0.1, -0.05) is 19.1 Å². The number of nitriles is 1. The summed E-state index contributed by atoms with van der Waals surface area (Å²) in [7, 11) is -4.11. The monoisotopic (exact) mass is 308 g/mol. The van der Waals surface area contributed by atoms with Gasteiger partial charge in [0.25, 0.3) is 0 Å². The van der Waals surface area contributed by atoms with Crippen molar-refractivity contribution in [2.24, 2.45) is 0 Å². The highest BCUT2D eigenvalue weighted by molar-refractivity contribution is 7.93. The van der Waals surface area contributed by atoms with Gasteiger partial charge in [-0.3, -0.25) is 4.72 Å². The van der Waals surface area contributed by atoms with Crippen LogP contribution in [0, 0.1) is 11.3 Å². The van der Waals surface area contributed by atoms with Crippen LogP contribution in [0.25, 0.3) is 0 Å². The normalized spacial score (nSPS) is 13.3. The average molecular weight is 308 g/mol. The first-order valence-electron chi connectivity index (χ1n) is 5.45. The second-order valence-electron chi connectivity index (χ2n) is 3.72. The lowest BCUT2D eigenvalue weighted by Gasteiger charge is -2.16. The number of nitrogens with zero attached hydrogens (tertiary/aromatic N) is 1. The number of hydrogen-bond acceptors (Lipinski definition) is 4. The first-order chi connectivity index (χ1) is 9.19. The Morgan fingerprint density at radius 2 is 2.00 bits per heavy atom. The van der Waals surface area contributed by atoms with E-state index in [9.17, 15) is 21.6 Å². The highest BCUT2D eigenvalue weighted by atomic mass is 32.2. The average Bonchev–Trinajstić information content (AvgIpc) is 2.30. The van der Waals surface area contributed by atoms with Crippen LogP contribution in [0.1, 0.15) is 13.3 Å². The molecule has 20 heavy (non-hydrogen) atoms. The molecule has 1 unspecified atom stereocenters. The van der Waals surface area contributed by atoms with E-state index in [-0.39, 0.29) is 12.1 Å². The van der Waals surface area contributed by atoms with Gasteiger partial charge >= 0.3 is 6.36 Å². The van der Waals surface area contributed by atoms with Crippen LogP contribution in [0.2, 0.25) is 0 Å². The topological polar surface area (TPSA) is 79.2 Å². The molecule has 0 radical (unpaired) electrons. The lowest BCUT2D eigenvalue weighted by Crippen LogP contribution is -2.27. The second-order valence-corrected chi connectivity index (χ2v) is 5.58. The minimum absolute atomic E-state index is 0.00806. The van der Waals surface area contributed by atoms with Gasteiger partial charge in [0.15, 0.2) is 11.0 Å². The number of ether oxygens (including phenoxy) is 1. The first kappa shape index (κ1) is 16.1. The van der Waals surface area contributed by atoms with E-state index in [0.717, 1.165) is 12.1 Å². The Bertz CT molecular complexity index is 608. The number of alkyl halides is 3. The highest BCUT2D eigenvalue weighted by Gasteiger charge is 2.33. The van der Waals surface area contributed by atoms with E-state index in [1.165, 1.54) is 19.1 Å². The molecular formula is C11H11F3N2O3S. The number of benzene rings is 1. The van der Waals surface area contributed by atoms with Gasteiger partial charge < -0.3 is 4.74 Å². The van der Waals surface area contributed by atoms with Gasteiger partial charge in [-0.2, -0.15) is 5.26 Å². The van der Waals surface area contributed by atoms with Gasteiger partial charge in [0, 0.05) is 0 Å². The number of para-hydroxylation sites is 2. The molecule has 0 aromatic heterocycles. The minimum atomic E-state index is -4.94. The van der Waals surface area contributed by atoms with Gasteiger partial charge in [0.05, 0.1) is 11.8 Å². The van der Waals surface area contributed by atoms with Crippen molar-refractivity contribution in [2.75, 3.05) is 4.72 Å². The summed E-state index contributed by atoms with van der Waals surface area (Å²) in [6, 6.07) is 6.26. The van der Waals surface area contributed by atoms with Crippen LogP contribution in [0.4, 0.5) is 18.9 Å². The Morgan fingerprint density at radius 3 is 2.50 bits per heavy atom. The summed E-state index contributed by atoms with van der Waals surface area (Å²) < 4.78 is 65.9. The Kier molecular flexibility index (Phi) is 4.83. The number of hydrogen-bond donors (Lipinski definition) is 1. The number of halogens is 3. The predicted molar refractivity (Wildman–Crippen MR) is 65.4 cm³/mol. The molecule has 0 spiro atoms. The number of anilines is 1. The van der Waals surface area contributed by atoms with Crippen LogP contribution in [-0.2, 0) is 10.0 Å². The molecule has 5 nitrogen and oxygen atoms in total. The van der Waals surface area contributed by atoms with Crippen molar-refractivity contribution in [3.8, 4) is 11.8 Å². The molecule has 0 aliphatic heterocycles. The summed E-state index contributed by atoms with van der Waals surface area (Å²) in [6.45, 7) is 1.48. The van der Waals surface area contributed by atoms with E-state index in [0.29, 0.717) is 0 Å². The van der Waals surface area contributed by atoms with Gasteiger partial charge in [-0.25, -0.2) is 8.42 Å². The Balaban J connectivity index is 3.08. The van der Waals surface area contributed by atoms with E-state index in [2.05, 4.69) is 4.74 Å². The molecule has 0 heterocycles. The molecule has 0 bridgehead atoms. The van der Waals surface area contributed by atoms with Gasteiger partial charge in [-0.15, -0.1) is 13.2 Å². The SMILES string of the molecule is CCC(C#N)S(=O)(=O)Nc1ccccc1OC(F)(F)F. The summed E-state index contributed by atoms with van der Waals surface area (Å²) in [6.07, 6.45) is -4.94. The molecule has 0 saturated heterocycles. The third-order valence-electron chi connectivity index (χ3n) is 2.25. The molecule has 1 aromatic carbocycles. The molecule has 9 heteroatoms. The van der Waals surface area contributed by atoms with Gasteiger partial charge in [0.2, 0.25) is 10.0 Å². The smallest absolute Gasteiger partial charge is 0.404 e. The van der Waals surface area contributed by atoms with Crippen molar-refractivity contribution < 1.29 is 26.3 Å². The molecule has 1 rings (SSSR count). The Hall–Kier alpha value is -1.95. The summed E-state index contributed by atoms with van der Waals surface area (Å²) in [5, 5.41) is 7.36. The van der Waals surface area contributed by atoms with Crippen molar-refractivity contribution in [3.63, 3.8) is 0 Å². The summed E-state index contributed by atoms with van der Waals surface area (Å²) in [4.78, 5) is 0. The molecule has 1 aromatic rings. The summed E-state index contributed by atoms with van der Waals surface area (Å²) >= 11 is 0. The maximum Gasteiger partial charge on any atom is 0.573 e. The van der Waals surface area contributed by atoms with E-state index < -0.39 is 27.4 Å². The Labute approximate surface area is 114 Å². The van der Waals surface area contributed by atoms with Gasteiger partial charge in [0.1, 0.15) is 0 Å². The minimum Gasteiger partial charge on any atom is -0.404 e. The van der Waals surface area contributed by atoms with E-state index in [1.807, 2.05) is 4.72 Å². The quantitative estimate of drug-likeness (QED) is 0.907. The Morgan fingerprint density at radius 1 is 1.40 bits per heavy atom. The first-order valence-corrected chi connectivity index (χ1v) is 7.00. The molecule has 0 amide bonds. The third-order valence-corrected chi connectivity index (χ3v) is 3.95. The van der Waals surface area contributed by atoms with E-state index >= 15 is 0 Å². The van der Waals surface area contributed by atoms with Crippen molar-refractivity contribution in [3.05, 3.63) is 24.3 Å². The van der Waals surface area contributed by atoms with Crippen LogP contribution in [0.15, 0.2) is 24.3 Å². The highest BCUT2D eigenvalue weighted by Crippen LogP contribution is 2.31. The van der Waals surface area contributed by atoms with Gasteiger partial charge in [-0.05, 0) is 18.6 Å². The molecule has 0 saturated carbocycles. The second kappa shape index (κ2) is 6.00.